The molecular formula is C40H43FN4O4. The smallest absolute Gasteiger partial charge is 0.193 e. The summed E-state index contributed by atoms with van der Waals surface area (Å²) >= 11 is 0. The number of hydrogen-bond donors (Lipinski definition) is 2. The Morgan fingerprint density at radius 1 is 0.898 bits per heavy atom. The van der Waals surface area contributed by atoms with Crippen molar-refractivity contribution in [1.29, 1.82) is 0 Å². The second kappa shape index (κ2) is 13.7. The summed E-state index contributed by atoms with van der Waals surface area (Å²) in [7, 11) is 3.33. The molecule has 3 heterocycles. The zero-order valence-electron chi connectivity index (χ0n) is 28.1. The molecule has 2 N–H and O–H groups in total. The van der Waals surface area contributed by atoms with Crippen molar-refractivity contribution >= 4 is 16.8 Å². The van der Waals surface area contributed by atoms with Crippen molar-refractivity contribution in [2.75, 3.05) is 46.9 Å². The van der Waals surface area contributed by atoms with Crippen LogP contribution in [-0.4, -0.2) is 72.3 Å². The number of ether oxygens (including phenoxy) is 2. The molecule has 2 fully saturated rings. The number of halogens is 1. The summed E-state index contributed by atoms with van der Waals surface area (Å²) in [5.41, 5.74) is 3.61. The van der Waals surface area contributed by atoms with E-state index in [0.717, 1.165) is 68.1 Å². The molecule has 49 heavy (non-hydrogen) atoms. The molecule has 1 unspecified atom stereocenters. The van der Waals surface area contributed by atoms with Crippen molar-refractivity contribution in [1.82, 2.24) is 19.8 Å². The van der Waals surface area contributed by atoms with E-state index in [9.17, 15) is 14.3 Å². The molecular weight excluding hydrogens is 619 g/mol. The number of nitrogens with one attached hydrogen (secondary N) is 1. The predicted molar refractivity (Wildman–Crippen MR) is 188 cm³/mol. The van der Waals surface area contributed by atoms with Gasteiger partial charge in [-0.2, -0.15) is 0 Å². The highest BCUT2D eigenvalue weighted by atomic mass is 19.1. The molecule has 9 heteroatoms. The van der Waals surface area contributed by atoms with Crippen LogP contribution in [0, 0.1) is 5.82 Å². The van der Waals surface area contributed by atoms with Gasteiger partial charge in [-0.15, -0.1) is 0 Å². The van der Waals surface area contributed by atoms with Gasteiger partial charge in [0.2, 0.25) is 0 Å². The first-order valence-electron chi connectivity index (χ1n) is 17.0. The molecule has 2 saturated heterocycles. The topological polar surface area (TPSA) is 88.9 Å². The van der Waals surface area contributed by atoms with E-state index in [1.807, 2.05) is 53.1 Å². The van der Waals surface area contributed by atoms with Gasteiger partial charge in [0, 0.05) is 42.7 Å². The number of hydrogen-bond acceptors (Lipinski definition) is 7. The third-order valence-corrected chi connectivity index (χ3v) is 10.5. The second-order valence-electron chi connectivity index (χ2n) is 13.4. The average Bonchev–Trinajstić information content (AvgIpc) is 3.78. The fraction of sp³-hybridized carbons (Fsp3) is 0.350. The first-order valence-corrected chi connectivity index (χ1v) is 17.0. The van der Waals surface area contributed by atoms with Crippen molar-refractivity contribution in [3.05, 3.63) is 125 Å². The highest BCUT2D eigenvalue weighted by Crippen LogP contribution is 2.40. The Labute approximate surface area is 286 Å². The van der Waals surface area contributed by atoms with E-state index in [4.69, 9.17) is 14.5 Å². The molecule has 254 valence electrons. The van der Waals surface area contributed by atoms with Gasteiger partial charge in [0.15, 0.2) is 17.3 Å². The van der Waals surface area contributed by atoms with Gasteiger partial charge < -0.3 is 29.4 Å². The van der Waals surface area contributed by atoms with Crippen LogP contribution in [0.3, 0.4) is 0 Å². The summed E-state index contributed by atoms with van der Waals surface area (Å²) in [5, 5.41) is 15.8. The van der Waals surface area contributed by atoms with Crippen LogP contribution in [0.2, 0.25) is 0 Å². The number of aromatic nitrogens is 2. The Morgan fingerprint density at radius 2 is 1.65 bits per heavy atom. The predicted octanol–water partition coefficient (Wildman–Crippen LogP) is 6.08. The summed E-state index contributed by atoms with van der Waals surface area (Å²) in [5.74, 6) is 1.68. The Bertz CT molecular complexity index is 1930. The molecule has 0 radical (unpaired) electrons. The number of ketones is 1. The third kappa shape index (κ3) is 6.58. The fourth-order valence-electron chi connectivity index (χ4n) is 7.56. The number of carbonyl (C=O) groups is 1. The van der Waals surface area contributed by atoms with Gasteiger partial charge in [-0.3, -0.25) is 4.79 Å². The minimum Gasteiger partial charge on any atom is -0.493 e. The zero-order chi connectivity index (χ0) is 34.0. The monoisotopic (exact) mass is 662 g/mol. The molecule has 0 aliphatic carbocycles. The minimum absolute atomic E-state index is 0.00860. The molecule has 0 amide bonds. The SMILES string of the molecule is COc1ccc(C2(CCN3CCC(O)(c4nc5ccc(C(=O)c6ccccc6)cc5n4Cc4ccc(F)cc4)CC3)CCNC2)cc1OC. The van der Waals surface area contributed by atoms with Crippen molar-refractivity contribution in [3.63, 3.8) is 0 Å². The lowest BCUT2D eigenvalue weighted by Crippen LogP contribution is -2.45. The molecule has 4 aromatic carbocycles. The standard InChI is InChI=1S/C40H43FN4O4/c1-48-35-15-11-31(25-36(35)49-2)39(16-20-42-27-39)17-21-44-22-18-40(47,19-23-44)38-43-33-14-10-30(37(46)29-6-4-3-5-7-29)24-34(33)45(38)26-28-8-12-32(41)13-9-28/h3-15,24-25,42,47H,16-23,26-27H2,1-2H3. The number of likely N-dealkylation sites (tertiary alicyclic amines) is 1. The summed E-state index contributed by atoms with van der Waals surface area (Å²) in [6, 6.07) is 27.4. The van der Waals surface area contributed by atoms with Gasteiger partial charge in [-0.1, -0.05) is 48.5 Å². The first-order chi connectivity index (χ1) is 23.8. The maximum absolute atomic E-state index is 13.8. The van der Waals surface area contributed by atoms with Crippen LogP contribution in [-0.2, 0) is 17.6 Å². The van der Waals surface area contributed by atoms with Gasteiger partial charge in [-0.25, -0.2) is 9.37 Å². The van der Waals surface area contributed by atoms with Gasteiger partial charge >= 0.3 is 0 Å². The molecule has 0 spiro atoms. The van der Waals surface area contributed by atoms with Gasteiger partial charge in [0.25, 0.3) is 0 Å². The van der Waals surface area contributed by atoms with Crippen LogP contribution >= 0.6 is 0 Å². The summed E-state index contributed by atoms with van der Waals surface area (Å²) in [6.07, 6.45) is 3.08. The fourth-order valence-corrected chi connectivity index (χ4v) is 7.56. The van der Waals surface area contributed by atoms with Gasteiger partial charge in [0.05, 0.1) is 25.3 Å². The Hall–Kier alpha value is -4.57. The van der Waals surface area contributed by atoms with Crippen molar-refractivity contribution in [2.45, 2.75) is 43.2 Å². The molecule has 7 rings (SSSR count). The van der Waals surface area contributed by atoms with E-state index in [2.05, 4.69) is 22.3 Å². The van der Waals surface area contributed by atoms with Gasteiger partial charge in [-0.05, 0) is 92.4 Å². The van der Waals surface area contributed by atoms with E-state index in [-0.39, 0.29) is 17.0 Å². The number of nitrogens with zero attached hydrogens (tertiary/aromatic N) is 3. The van der Waals surface area contributed by atoms with E-state index >= 15 is 0 Å². The lowest BCUT2D eigenvalue weighted by Gasteiger charge is -2.39. The second-order valence-corrected chi connectivity index (χ2v) is 13.4. The highest BCUT2D eigenvalue weighted by Gasteiger charge is 2.41. The molecule has 5 aromatic rings. The number of rotatable bonds is 11. The van der Waals surface area contributed by atoms with E-state index < -0.39 is 5.60 Å². The maximum atomic E-state index is 13.8. The van der Waals surface area contributed by atoms with Gasteiger partial charge in [0.1, 0.15) is 17.2 Å². The van der Waals surface area contributed by atoms with Crippen molar-refractivity contribution < 1.29 is 23.8 Å². The lowest BCUT2D eigenvalue weighted by molar-refractivity contribution is -0.0358. The van der Waals surface area contributed by atoms with Crippen LogP contribution in [0.1, 0.15) is 58.6 Å². The summed E-state index contributed by atoms with van der Waals surface area (Å²) < 4.78 is 26.9. The third-order valence-electron chi connectivity index (χ3n) is 10.5. The highest BCUT2D eigenvalue weighted by molar-refractivity contribution is 6.10. The molecule has 2 aliphatic rings. The Kier molecular flexibility index (Phi) is 9.24. The number of piperidine rings is 1. The minimum atomic E-state index is -1.16. The summed E-state index contributed by atoms with van der Waals surface area (Å²) in [6.45, 7) is 4.62. The van der Waals surface area contributed by atoms with Crippen LogP contribution < -0.4 is 14.8 Å². The molecule has 0 bridgehead atoms. The number of carbonyl (C=O) groups excluding carboxylic acids is 1. The van der Waals surface area contributed by atoms with Crippen LogP contribution in [0.5, 0.6) is 11.5 Å². The van der Waals surface area contributed by atoms with E-state index in [1.54, 1.807) is 32.4 Å². The average molecular weight is 663 g/mol. The van der Waals surface area contributed by atoms with Crippen LogP contribution in [0.15, 0.2) is 91.0 Å². The number of benzene rings is 4. The number of aliphatic hydroxyl groups is 1. The number of methoxy groups -OCH3 is 2. The first kappa shape index (κ1) is 33.0. The molecule has 2 aliphatic heterocycles. The number of fused-ring (bicyclic) bond motifs is 1. The maximum Gasteiger partial charge on any atom is 0.193 e. The van der Waals surface area contributed by atoms with Crippen LogP contribution in [0.25, 0.3) is 11.0 Å². The molecule has 1 atom stereocenters. The molecule has 0 saturated carbocycles. The van der Waals surface area contributed by atoms with E-state index in [1.165, 1.54) is 17.7 Å². The Morgan fingerprint density at radius 3 is 2.35 bits per heavy atom. The Balaban J connectivity index is 1.13. The molecule has 8 nitrogen and oxygen atoms in total. The summed E-state index contributed by atoms with van der Waals surface area (Å²) in [4.78, 5) is 20.8. The zero-order valence-corrected chi connectivity index (χ0v) is 28.1. The van der Waals surface area contributed by atoms with Crippen LogP contribution in [0.4, 0.5) is 4.39 Å². The van der Waals surface area contributed by atoms with Crippen molar-refractivity contribution in [3.8, 4) is 11.5 Å². The quantitative estimate of drug-likeness (QED) is 0.166. The largest absolute Gasteiger partial charge is 0.493 e. The number of imidazole rings is 1. The van der Waals surface area contributed by atoms with E-state index in [0.29, 0.717) is 41.9 Å². The van der Waals surface area contributed by atoms with Crippen molar-refractivity contribution in [2.24, 2.45) is 0 Å². The molecule has 1 aromatic heterocycles. The normalized spacial score (nSPS) is 19.3. The lowest BCUT2D eigenvalue weighted by atomic mass is 9.76.